The first-order valence-electron chi connectivity index (χ1n) is 8.16. The van der Waals surface area contributed by atoms with Crippen LogP contribution in [0.25, 0.3) is 0 Å². The van der Waals surface area contributed by atoms with E-state index in [0.717, 1.165) is 25.0 Å². The highest BCUT2D eigenvalue weighted by atomic mass is 127. The molecule has 0 radical (unpaired) electrons. The number of likely N-dealkylation sites (N-methyl/N-ethyl adjacent to an activating group) is 1. The van der Waals surface area contributed by atoms with Crippen molar-refractivity contribution in [1.29, 1.82) is 0 Å². The van der Waals surface area contributed by atoms with Crippen molar-refractivity contribution in [2.24, 2.45) is 10.9 Å². The van der Waals surface area contributed by atoms with Crippen molar-refractivity contribution in [2.45, 2.75) is 57.9 Å². The average molecular weight is 410 g/mol. The van der Waals surface area contributed by atoms with E-state index in [4.69, 9.17) is 0 Å². The minimum atomic E-state index is 0. The second-order valence-corrected chi connectivity index (χ2v) is 6.53. The molecule has 1 saturated carbocycles. The zero-order chi connectivity index (χ0) is 15.0. The van der Waals surface area contributed by atoms with E-state index < -0.39 is 0 Å². The highest BCUT2D eigenvalue weighted by Gasteiger charge is 2.36. The second kappa shape index (κ2) is 10.6. The molecule has 0 aliphatic heterocycles. The van der Waals surface area contributed by atoms with Gasteiger partial charge in [0.15, 0.2) is 5.96 Å². The van der Waals surface area contributed by atoms with Gasteiger partial charge in [-0.2, -0.15) is 0 Å². The number of nitrogens with one attached hydrogen (secondary N) is 2. The molecular formula is C16H35IN4. The fourth-order valence-electron chi connectivity index (χ4n) is 3.21. The maximum atomic E-state index is 4.33. The van der Waals surface area contributed by atoms with Crippen LogP contribution < -0.4 is 10.6 Å². The van der Waals surface area contributed by atoms with Crippen LogP contribution in [-0.4, -0.2) is 50.6 Å². The summed E-state index contributed by atoms with van der Waals surface area (Å²) in [7, 11) is 6.28. The molecule has 0 bridgehead atoms. The molecule has 1 fully saturated rings. The van der Waals surface area contributed by atoms with E-state index in [9.17, 15) is 0 Å². The summed E-state index contributed by atoms with van der Waals surface area (Å²) in [5, 5.41) is 6.94. The standard InChI is InChI=1S/C16H34N4.HI/c1-6-7-11-18-15(17-3)19-13-16(20(4)5)10-8-9-14(2)12-16;/h14H,6-13H2,1-5H3,(H2,17,18,19);1H. The number of aliphatic imine (C=N–C) groups is 1. The van der Waals surface area contributed by atoms with E-state index in [1.165, 1.54) is 38.5 Å². The summed E-state index contributed by atoms with van der Waals surface area (Å²) in [6.07, 6.45) is 7.67. The average Bonchev–Trinajstić information content (AvgIpc) is 2.42. The summed E-state index contributed by atoms with van der Waals surface area (Å²) in [4.78, 5) is 6.74. The van der Waals surface area contributed by atoms with Gasteiger partial charge in [0.2, 0.25) is 0 Å². The third-order valence-corrected chi connectivity index (χ3v) is 4.65. The van der Waals surface area contributed by atoms with Crippen LogP contribution in [0.5, 0.6) is 0 Å². The van der Waals surface area contributed by atoms with Gasteiger partial charge < -0.3 is 15.5 Å². The predicted octanol–water partition coefficient (Wildman–Crippen LogP) is 3.08. The molecule has 1 aliphatic carbocycles. The molecule has 1 aliphatic rings. The highest BCUT2D eigenvalue weighted by molar-refractivity contribution is 14.0. The van der Waals surface area contributed by atoms with Crippen LogP contribution in [0.2, 0.25) is 0 Å². The highest BCUT2D eigenvalue weighted by Crippen LogP contribution is 2.35. The molecule has 0 spiro atoms. The number of nitrogens with zero attached hydrogens (tertiary/aromatic N) is 2. The summed E-state index contributed by atoms with van der Waals surface area (Å²) in [5.41, 5.74) is 0.278. The van der Waals surface area contributed by atoms with Gasteiger partial charge in [-0.3, -0.25) is 4.99 Å². The lowest BCUT2D eigenvalue weighted by Gasteiger charge is -2.45. The number of unbranched alkanes of at least 4 members (excludes halogenated alkanes) is 1. The Labute approximate surface area is 148 Å². The van der Waals surface area contributed by atoms with Crippen LogP contribution in [0.4, 0.5) is 0 Å². The Hall–Kier alpha value is -0.0400. The summed E-state index contributed by atoms with van der Waals surface area (Å²) in [6, 6.07) is 0. The zero-order valence-electron chi connectivity index (χ0n) is 14.5. The Balaban J connectivity index is 0.00000400. The van der Waals surface area contributed by atoms with Crippen molar-refractivity contribution >= 4 is 29.9 Å². The van der Waals surface area contributed by atoms with Gasteiger partial charge in [-0.1, -0.05) is 33.1 Å². The van der Waals surface area contributed by atoms with Crippen molar-refractivity contribution in [3.05, 3.63) is 0 Å². The molecule has 0 saturated heterocycles. The molecule has 2 N–H and O–H groups in total. The molecule has 2 unspecified atom stereocenters. The monoisotopic (exact) mass is 410 g/mol. The largest absolute Gasteiger partial charge is 0.356 e. The minimum Gasteiger partial charge on any atom is -0.356 e. The van der Waals surface area contributed by atoms with Crippen LogP contribution in [0.15, 0.2) is 4.99 Å². The Morgan fingerprint density at radius 1 is 1.33 bits per heavy atom. The van der Waals surface area contributed by atoms with Gasteiger partial charge in [-0.05, 0) is 39.3 Å². The number of hydrogen-bond donors (Lipinski definition) is 2. The Bertz CT molecular complexity index is 307. The van der Waals surface area contributed by atoms with Gasteiger partial charge in [0, 0.05) is 25.7 Å². The van der Waals surface area contributed by atoms with Gasteiger partial charge in [-0.15, -0.1) is 24.0 Å². The maximum Gasteiger partial charge on any atom is 0.191 e. The summed E-state index contributed by atoms with van der Waals surface area (Å²) < 4.78 is 0. The van der Waals surface area contributed by atoms with Gasteiger partial charge in [-0.25, -0.2) is 0 Å². The Kier molecular flexibility index (Phi) is 10.6. The lowest BCUT2D eigenvalue weighted by molar-refractivity contribution is 0.0796. The van der Waals surface area contributed by atoms with Crippen LogP contribution in [-0.2, 0) is 0 Å². The third-order valence-electron chi connectivity index (χ3n) is 4.65. The van der Waals surface area contributed by atoms with Crippen LogP contribution >= 0.6 is 24.0 Å². The van der Waals surface area contributed by atoms with Crippen LogP contribution in [0, 0.1) is 5.92 Å². The van der Waals surface area contributed by atoms with E-state index in [2.05, 4.69) is 48.5 Å². The molecule has 126 valence electrons. The van der Waals surface area contributed by atoms with Gasteiger partial charge >= 0.3 is 0 Å². The van der Waals surface area contributed by atoms with E-state index >= 15 is 0 Å². The molecule has 21 heavy (non-hydrogen) atoms. The van der Waals surface area contributed by atoms with E-state index in [1.807, 2.05) is 7.05 Å². The first-order chi connectivity index (χ1) is 9.54. The van der Waals surface area contributed by atoms with E-state index in [0.29, 0.717) is 0 Å². The topological polar surface area (TPSA) is 39.7 Å². The molecular weight excluding hydrogens is 375 g/mol. The minimum absolute atomic E-state index is 0. The fraction of sp³-hybridized carbons (Fsp3) is 0.938. The summed E-state index contributed by atoms with van der Waals surface area (Å²) in [5.74, 6) is 1.76. The van der Waals surface area contributed by atoms with Crippen molar-refractivity contribution in [3.63, 3.8) is 0 Å². The zero-order valence-corrected chi connectivity index (χ0v) is 16.9. The molecule has 4 nitrogen and oxygen atoms in total. The van der Waals surface area contributed by atoms with E-state index in [1.54, 1.807) is 0 Å². The molecule has 1 rings (SSSR count). The molecule has 5 heteroatoms. The normalized spacial score (nSPS) is 26.4. The first kappa shape index (κ1) is 21.0. The Morgan fingerprint density at radius 2 is 2.05 bits per heavy atom. The van der Waals surface area contributed by atoms with Crippen molar-refractivity contribution in [1.82, 2.24) is 15.5 Å². The lowest BCUT2D eigenvalue weighted by atomic mass is 9.75. The lowest BCUT2D eigenvalue weighted by Crippen LogP contribution is -2.56. The van der Waals surface area contributed by atoms with E-state index in [-0.39, 0.29) is 29.5 Å². The van der Waals surface area contributed by atoms with Gasteiger partial charge in [0.05, 0.1) is 0 Å². The van der Waals surface area contributed by atoms with Gasteiger partial charge in [0.1, 0.15) is 0 Å². The molecule has 2 atom stereocenters. The van der Waals surface area contributed by atoms with Crippen LogP contribution in [0.1, 0.15) is 52.4 Å². The molecule has 0 aromatic rings. The molecule has 0 amide bonds. The predicted molar refractivity (Wildman–Crippen MR) is 104 cm³/mol. The molecule has 0 aromatic heterocycles. The van der Waals surface area contributed by atoms with Crippen molar-refractivity contribution < 1.29 is 0 Å². The molecule has 0 aromatic carbocycles. The fourth-order valence-corrected chi connectivity index (χ4v) is 3.21. The maximum absolute atomic E-state index is 4.33. The summed E-state index contributed by atoms with van der Waals surface area (Å²) in [6.45, 7) is 6.58. The van der Waals surface area contributed by atoms with Crippen molar-refractivity contribution in [3.8, 4) is 0 Å². The summed E-state index contributed by atoms with van der Waals surface area (Å²) >= 11 is 0. The molecule has 0 heterocycles. The number of guanidine groups is 1. The number of rotatable bonds is 6. The van der Waals surface area contributed by atoms with Gasteiger partial charge in [0.25, 0.3) is 0 Å². The number of hydrogen-bond acceptors (Lipinski definition) is 2. The number of halogens is 1. The first-order valence-corrected chi connectivity index (χ1v) is 8.16. The SMILES string of the molecule is CCCCNC(=NC)NCC1(N(C)C)CCCC(C)C1.I. The quantitative estimate of drug-likeness (QED) is 0.306. The second-order valence-electron chi connectivity index (χ2n) is 6.53. The third kappa shape index (κ3) is 6.72. The van der Waals surface area contributed by atoms with Crippen molar-refractivity contribution in [2.75, 3.05) is 34.2 Å². The smallest absolute Gasteiger partial charge is 0.191 e. The van der Waals surface area contributed by atoms with Crippen LogP contribution in [0.3, 0.4) is 0 Å². The Morgan fingerprint density at radius 3 is 2.57 bits per heavy atom.